The van der Waals surface area contributed by atoms with Gasteiger partial charge in [-0.05, 0) is 38.1 Å². The van der Waals surface area contributed by atoms with Gasteiger partial charge in [-0.15, -0.1) is 0 Å². The standard InChI is InChI=1S/C12H18ClN3/c13-11-5-4-6-14-12(11)15-7-10-16-8-2-1-3-9-16/h4-6H,1-3,7-10H2,(H,14,15). The lowest BCUT2D eigenvalue weighted by molar-refractivity contribution is 0.237. The maximum atomic E-state index is 6.01. The normalized spacial score (nSPS) is 17.3. The average Bonchev–Trinajstić information content (AvgIpc) is 2.33. The number of hydrogen-bond acceptors (Lipinski definition) is 3. The smallest absolute Gasteiger partial charge is 0.144 e. The zero-order valence-corrected chi connectivity index (χ0v) is 10.2. The molecule has 0 saturated carbocycles. The van der Waals surface area contributed by atoms with Crippen molar-refractivity contribution in [2.24, 2.45) is 0 Å². The second kappa shape index (κ2) is 6.06. The van der Waals surface area contributed by atoms with E-state index >= 15 is 0 Å². The highest BCUT2D eigenvalue weighted by atomic mass is 35.5. The largest absolute Gasteiger partial charge is 0.368 e. The number of halogens is 1. The Morgan fingerprint density at radius 2 is 2.12 bits per heavy atom. The number of anilines is 1. The van der Waals surface area contributed by atoms with Gasteiger partial charge in [0.25, 0.3) is 0 Å². The van der Waals surface area contributed by atoms with Gasteiger partial charge in [-0.3, -0.25) is 0 Å². The fourth-order valence-electron chi connectivity index (χ4n) is 2.03. The first kappa shape index (κ1) is 11.7. The molecule has 0 atom stereocenters. The molecule has 0 radical (unpaired) electrons. The van der Waals surface area contributed by atoms with Crippen molar-refractivity contribution in [3.05, 3.63) is 23.4 Å². The van der Waals surface area contributed by atoms with Gasteiger partial charge in [0.15, 0.2) is 0 Å². The Hall–Kier alpha value is -0.800. The Balaban J connectivity index is 1.73. The summed E-state index contributed by atoms with van der Waals surface area (Å²) in [6.45, 7) is 4.46. The van der Waals surface area contributed by atoms with Crippen LogP contribution in [0.2, 0.25) is 5.02 Å². The molecule has 16 heavy (non-hydrogen) atoms. The zero-order chi connectivity index (χ0) is 11.2. The molecular formula is C12H18ClN3. The SMILES string of the molecule is Clc1cccnc1NCCN1CCCCC1. The minimum atomic E-state index is 0.696. The third-order valence-corrected chi connectivity index (χ3v) is 3.23. The lowest BCUT2D eigenvalue weighted by Crippen LogP contribution is -2.33. The molecular weight excluding hydrogens is 222 g/mol. The van der Waals surface area contributed by atoms with Crippen LogP contribution in [-0.4, -0.2) is 36.1 Å². The van der Waals surface area contributed by atoms with Gasteiger partial charge in [0.2, 0.25) is 0 Å². The molecule has 0 bridgehead atoms. The molecule has 88 valence electrons. The number of aromatic nitrogens is 1. The molecule has 1 fully saturated rings. The number of nitrogens with zero attached hydrogens (tertiary/aromatic N) is 2. The molecule has 0 aliphatic carbocycles. The van der Waals surface area contributed by atoms with Crippen LogP contribution in [-0.2, 0) is 0 Å². The van der Waals surface area contributed by atoms with Crippen molar-refractivity contribution in [1.29, 1.82) is 0 Å². The van der Waals surface area contributed by atoms with Gasteiger partial charge in [0, 0.05) is 19.3 Å². The third kappa shape index (κ3) is 3.35. The van der Waals surface area contributed by atoms with Crippen LogP contribution in [0.1, 0.15) is 19.3 Å². The van der Waals surface area contributed by atoms with Crippen molar-refractivity contribution in [2.75, 3.05) is 31.5 Å². The Labute approximate surface area is 102 Å². The lowest BCUT2D eigenvalue weighted by atomic mass is 10.1. The van der Waals surface area contributed by atoms with Gasteiger partial charge in [0.1, 0.15) is 5.82 Å². The number of hydrogen-bond donors (Lipinski definition) is 1. The summed E-state index contributed by atoms with van der Waals surface area (Å²) in [5.74, 6) is 0.793. The van der Waals surface area contributed by atoms with Crippen LogP contribution < -0.4 is 5.32 Å². The van der Waals surface area contributed by atoms with Crippen LogP contribution in [0.4, 0.5) is 5.82 Å². The molecule has 1 aromatic heterocycles. The van der Waals surface area contributed by atoms with E-state index in [0.29, 0.717) is 5.02 Å². The molecule has 2 rings (SSSR count). The van der Waals surface area contributed by atoms with Gasteiger partial charge in [0.05, 0.1) is 5.02 Å². The van der Waals surface area contributed by atoms with Crippen LogP contribution in [0.3, 0.4) is 0 Å². The van der Waals surface area contributed by atoms with Gasteiger partial charge >= 0.3 is 0 Å². The topological polar surface area (TPSA) is 28.2 Å². The molecule has 1 saturated heterocycles. The molecule has 1 aliphatic rings. The predicted molar refractivity (Wildman–Crippen MR) is 68.0 cm³/mol. The van der Waals surface area contributed by atoms with Crippen molar-refractivity contribution in [3.63, 3.8) is 0 Å². The van der Waals surface area contributed by atoms with E-state index in [1.165, 1.54) is 32.4 Å². The molecule has 0 unspecified atom stereocenters. The Bertz CT molecular complexity index is 324. The summed E-state index contributed by atoms with van der Waals surface area (Å²) in [5, 5.41) is 3.97. The second-order valence-corrected chi connectivity index (χ2v) is 4.57. The zero-order valence-electron chi connectivity index (χ0n) is 9.45. The third-order valence-electron chi connectivity index (χ3n) is 2.93. The fraction of sp³-hybridized carbons (Fsp3) is 0.583. The van der Waals surface area contributed by atoms with Crippen LogP contribution in [0.25, 0.3) is 0 Å². The highest BCUT2D eigenvalue weighted by molar-refractivity contribution is 6.32. The van der Waals surface area contributed by atoms with Crippen LogP contribution in [0.15, 0.2) is 18.3 Å². The summed E-state index contributed by atoms with van der Waals surface area (Å²) in [7, 11) is 0. The number of rotatable bonds is 4. The lowest BCUT2D eigenvalue weighted by Gasteiger charge is -2.26. The van der Waals surface area contributed by atoms with E-state index in [1.807, 2.05) is 12.1 Å². The molecule has 0 amide bonds. The summed E-state index contributed by atoms with van der Waals surface area (Å²) < 4.78 is 0. The molecule has 4 heteroatoms. The van der Waals surface area contributed by atoms with Gasteiger partial charge < -0.3 is 10.2 Å². The highest BCUT2D eigenvalue weighted by Gasteiger charge is 2.09. The van der Waals surface area contributed by atoms with Crippen LogP contribution in [0, 0.1) is 0 Å². The Morgan fingerprint density at radius 1 is 1.31 bits per heavy atom. The summed E-state index contributed by atoms with van der Waals surface area (Å²) in [6.07, 6.45) is 5.82. The Kier molecular flexibility index (Phi) is 4.43. The van der Waals surface area contributed by atoms with Crippen molar-refractivity contribution < 1.29 is 0 Å². The van der Waals surface area contributed by atoms with Crippen molar-refractivity contribution in [1.82, 2.24) is 9.88 Å². The van der Waals surface area contributed by atoms with E-state index in [9.17, 15) is 0 Å². The summed E-state index contributed by atoms with van der Waals surface area (Å²) in [6, 6.07) is 3.70. The monoisotopic (exact) mass is 239 g/mol. The Morgan fingerprint density at radius 3 is 2.88 bits per heavy atom. The van der Waals surface area contributed by atoms with E-state index in [2.05, 4.69) is 15.2 Å². The fourth-order valence-corrected chi connectivity index (χ4v) is 2.22. The van der Waals surface area contributed by atoms with E-state index in [4.69, 9.17) is 11.6 Å². The molecule has 1 N–H and O–H groups in total. The summed E-state index contributed by atoms with van der Waals surface area (Å²) in [4.78, 5) is 6.69. The molecule has 0 aromatic carbocycles. The van der Waals surface area contributed by atoms with Gasteiger partial charge in [-0.1, -0.05) is 18.0 Å². The number of piperidine rings is 1. The molecule has 1 aromatic rings. The number of likely N-dealkylation sites (tertiary alicyclic amines) is 1. The van der Waals surface area contributed by atoms with Crippen molar-refractivity contribution >= 4 is 17.4 Å². The summed E-state index contributed by atoms with van der Waals surface area (Å²) in [5.41, 5.74) is 0. The summed E-state index contributed by atoms with van der Waals surface area (Å²) >= 11 is 6.01. The number of pyridine rings is 1. The van der Waals surface area contributed by atoms with Crippen LogP contribution >= 0.6 is 11.6 Å². The number of nitrogens with one attached hydrogen (secondary N) is 1. The van der Waals surface area contributed by atoms with E-state index in [0.717, 1.165) is 18.9 Å². The average molecular weight is 240 g/mol. The molecule has 2 heterocycles. The van der Waals surface area contributed by atoms with Crippen molar-refractivity contribution in [2.45, 2.75) is 19.3 Å². The van der Waals surface area contributed by atoms with E-state index < -0.39 is 0 Å². The maximum absolute atomic E-state index is 6.01. The first-order chi connectivity index (χ1) is 7.86. The molecule has 0 spiro atoms. The first-order valence-electron chi connectivity index (χ1n) is 5.93. The second-order valence-electron chi connectivity index (χ2n) is 4.16. The van der Waals surface area contributed by atoms with E-state index in [-0.39, 0.29) is 0 Å². The quantitative estimate of drug-likeness (QED) is 0.876. The highest BCUT2D eigenvalue weighted by Crippen LogP contribution is 2.17. The van der Waals surface area contributed by atoms with E-state index in [1.54, 1.807) is 6.20 Å². The van der Waals surface area contributed by atoms with Gasteiger partial charge in [-0.2, -0.15) is 0 Å². The van der Waals surface area contributed by atoms with Crippen molar-refractivity contribution in [3.8, 4) is 0 Å². The minimum absolute atomic E-state index is 0.696. The van der Waals surface area contributed by atoms with Crippen LogP contribution in [0.5, 0.6) is 0 Å². The minimum Gasteiger partial charge on any atom is -0.368 e. The first-order valence-corrected chi connectivity index (χ1v) is 6.31. The van der Waals surface area contributed by atoms with Gasteiger partial charge in [-0.25, -0.2) is 4.98 Å². The molecule has 1 aliphatic heterocycles. The predicted octanol–water partition coefficient (Wildman–Crippen LogP) is 2.63. The molecule has 3 nitrogen and oxygen atoms in total. The maximum Gasteiger partial charge on any atom is 0.144 e.